The topological polar surface area (TPSA) is 109 Å². The van der Waals surface area contributed by atoms with Crippen LogP contribution in [0, 0.1) is 0 Å². The summed E-state index contributed by atoms with van der Waals surface area (Å²) < 4.78 is 14.8. The van der Waals surface area contributed by atoms with Crippen LogP contribution >= 0.6 is 11.8 Å². The van der Waals surface area contributed by atoms with Crippen LogP contribution < -0.4 is 26.0 Å². The number of aromatic nitrogens is 4. The van der Waals surface area contributed by atoms with Crippen LogP contribution in [-0.4, -0.2) is 37.1 Å². The predicted molar refractivity (Wildman–Crippen MR) is 128 cm³/mol. The Kier molecular flexibility index (Phi) is 5.62. The van der Waals surface area contributed by atoms with Crippen LogP contribution in [0.25, 0.3) is 11.2 Å². The van der Waals surface area contributed by atoms with Crippen molar-refractivity contribution in [1.82, 2.24) is 18.7 Å². The number of carbonyl (C=O) groups is 1. The fourth-order valence-electron chi connectivity index (χ4n) is 3.75. The third kappa shape index (κ3) is 3.94. The zero-order valence-corrected chi connectivity index (χ0v) is 19.3. The van der Waals surface area contributed by atoms with Crippen molar-refractivity contribution >= 4 is 34.5 Å². The van der Waals surface area contributed by atoms with Crippen LogP contribution in [0.3, 0.4) is 0 Å². The number of ether oxygens (including phenoxy) is 2. The number of imidazole rings is 1. The molecule has 0 spiro atoms. The Morgan fingerprint density at radius 3 is 2.62 bits per heavy atom. The van der Waals surface area contributed by atoms with Crippen molar-refractivity contribution in [1.29, 1.82) is 0 Å². The van der Waals surface area contributed by atoms with Crippen molar-refractivity contribution in [3.05, 3.63) is 74.9 Å². The monoisotopic (exact) mass is 479 g/mol. The molecule has 0 saturated heterocycles. The van der Waals surface area contributed by atoms with Crippen LogP contribution in [0.5, 0.6) is 11.5 Å². The molecule has 0 unspecified atom stereocenters. The van der Waals surface area contributed by atoms with Gasteiger partial charge in [-0.05, 0) is 17.7 Å². The van der Waals surface area contributed by atoms with E-state index in [1.807, 2.05) is 30.3 Å². The van der Waals surface area contributed by atoms with E-state index >= 15 is 0 Å². The molecule has 2 aromatic heterocycles. The average Bonchev–Trinajstić information content (AvgIpc) is 3.45. The molecule has 0 bridgehead atoms. The fourth-order valence-corrected chi connectivity index (χ4v) is 4.55. The number of fused-ring (bicyclic) bond motifs is 2. The van der Waals surface area contributed by atoms with Crippen molar-refractivity contribution in [3.8, 4) is 11.5 Å². The first-order valence-electron chi connectivity index (χ1n) is 10.4. The number of benzene rings is 2. The van der Waals surface area contributed by atoms with Gasteiger partial charge in [0.15, 0.2) is 27.8 Å². The van der Waals surface area contributed by atoms with E-state index in [4.69, 9.17) is 9.47 Å². The summed E-state index contributed by atoms with van der Waals surface area (Å²) >= 11 is 1.19. The Morgan fingerprint density at radius 1 is 1.06 bits per heavy atom. The highest BCUT2D eigenvalue weighted by Gasteiger charge is 2.21. The normalized spacial score (nSPS) is 12.3. The lowest BCUT2D eigenvalue weighted by Gasteiger charge is -2.10. The van der Waals surface area contributed by atoms with Gasteiger partial charge in [0.1, 0.15) is 0 Å². The summed E-state index contributed by atoms with van der Waals surface area (Å²) in [6, 6.07) is 14.8. The Hall–Kier alpha value is -3.99. The number of anilines is 1. The molecule has 174 valence electrons. The Bertz CT molecular complexity index is 1520. The first kappa shape index (κ1) is 21.8. The first-order chi connectivity index (χ1) is 16.4. The molecular formula is C23H21N5O5S. The SMILES string of the molecule is Cn1c(=O)c2c(nc(SCC(=O)Nc3ccc4c(c3)OCO4)n2Cc2ccccc2)n(C)c1=O. The van der Waals surface area contributed by atoms with Gasteiger partial charge < -0.3 is 19.4 Å². The molecule has 3 heterocycles. The Morgan fingerprint density at radius 2 is 1.82 bits per heavy atom. The molecule has 5 rings (SSSR count). The van der Waals surface area contributed by atoms with Crippen LogP contribution in [-0.2, 0) is 25.4 Å². The van der Waals surface area contributed by atoms with Gasteiger partial charge in [-0.1, -0.05) is 42.1 Å². The third-order valence-corrected chi connectivity index (χ3v) is 6.46. The number of rotatable bonds is 6. The fraction of sp³-hybridized carbons (Fsp3) is 0.217. The molecule has 4 aromatic rings. The summed E-state index contributed by atoms with van der Waals surface area (Å²) in [6.45, 7) is 0.527. The minimum atomic E-state index is -0.459. The lowest BCUT2D eigenvalue weighted by Crippen LogP contribution is -2.37. The molecule has 1 amide bonds. The molecule has 10 nitrogen and oxygen atoms in total. The van der Waals surface area contributed by atoms with E-state index in [0.29, 0.717) is 34.4 Å². The summed E-state index contributed by atoms with van der Waals surface area (Å²) in [5.41, 5.74) is 1.25. The van der Waals surface area contributed by atoms with Crippen molar-refractivity contribution < 1.29 is 14.3 Å². The van der Waals surface area contributed by atoms with Crippen molar-refractivity contribution in [2.45, 2.75) is 11.7 Å². The van der Waals surface area contributed by atoms with E-state index in [9.17, 15) is 14.4 Å². The number of nitrogens with zero attached hydrogens (tertiary/aromatic N) is 4. The quantitative estimate of drug-likeness (QED) is 0.421. The maximum atomic E-state index is 13.0. The molecular weight excluding hydrogens is 458 g/mol. The number of carbonyl (C=O) groups excluding carboxylic acids is 1. The molecule has 0 saturated carbocycles. The number of nitrogens with one attached hydrogen (secondary N) is 1. The van der Waals surface area contributed by atoms with Gasteiger partial charge in [-0.25, -0.2) is 9.78 Å². The van der Waals surface area contributed by atoms with E-state index in [2.05, 4.69) is 10.3 Å². The maximum Gasteiger partial charge on any atom is 0.332 e. The zero-order chi connectivity index (χ0) is 23.8. The second-order valence-electron chi connectivity index (χ2n) is 7.75. The summed E-state index contributed by atoms with van der Waals surface area (Å²) in [6.07, 6.45) is 0. The minimum Gasteiger partial charge on any atom is -0.454 e. The smallest absolute Gasteiger partial charge is 0.332 e. The van der Waals surface area contributed by atoms with Crippen LogP contribution in [0.2, 0.25) is 0 Å². The predicted octanol–water partition coefficient (Wildman–Crippen LogP) is 1.94. The van der Waals surface area contributed by atoms with E-state index in [-0.39, 0.29) is 24.1 Å². The van der Waals surface area contributed by atoms with E-state index < -0.39 is 11.2 Å². The standard InChI is InChI=1S/C23H21N5O5S/c1-26-20-19(21(30)27(2)23(26)31)28(11-14-6-4-3-5-7-14)22(25-20)34-12-18(29)24-15-8-9-16-17(10-15)33-13-32-16/h3-10H,11-13H2,1-2H3,(H,24,29). The van der Waals surface area contributed by atoms with Gasteiger partial charge in [-0.3, -0.25) is 18.7 Å². The average molecular weight is 480 g/mol. The van der Waals surface area contributed by atoms with Gasteiger partial charge in [0.2, 0.25) is 12.7 Å². The number of thioether (sulfide) groups is 1. The highest BCUT2D eigenvalue weighted by atomic mass is 32.2. The van der Waals surface area contributed by atoms with E-state index in [1.54, 1.807) is 29.8 Å². The molecule has 2 aromatic carbocycles. The van der Waals surface area contributed by atoms with Crippen LogP contribution in [0.15, 0.2) is 63.3 Å². The molecule has 1 aliphatic rings. The molecule has 1 N–H and O–H groups in total. The molecule has 1 aliphatic heterocycles. The van der Waals surface area contributed by atoms with Crippen LogP contribution in [0.1, 0.15) is 5.56 Å². The van der Waals surface area contributed by atoms with Crippen molar-refractivity contribution in [2.24, 2.45) is 14.1 Å². The highest BCUT2D eigenvalue weighted by molar-refractivity contribution is 7.99. The van der Waals surface area contributed by atoms with Crippen molar-refractivity contribution in [3.63, 3.8) is 0 Å². The molecule has 0 atom stereocenters. The molecule has 0 fully saturated rings. The largest absolute Gasteiger partial charge is 0.454 e. The Balaban J connectivity index is 1.45. The molecule has 0 radical (unpaired) electrons. The second-order valence-corrected chi connectivity index (χ2v) is 8.69. The lowest BCUT2D eigenvalue weighted by atomic mass is 10.2. The maximum absolute atomic E-state index is 13.0. The van der Waals surface area contributed by atoms with E-state index in [0.717, 1.165) is 10.1 Å². The Labute approximate surface area is 197 Å². The summed E-state index contributed by atoms with van der Waals surface area (Å²) in [5.74, 6) is 1.02. The zero-order valence-electron chi connectivity index (χ0n) is 18.5. The van der Waals surface area contributed by atoms with Gasteiger partial charge in [-0.15, -0.1) is 0 Å². The molecule has 11 heteroatoms. The second kappa shape index (κ2) is 8.75. The summed E-state index contributed by atoms with van der Waals surface area (Å²) in [7, 11) is 3.01. The van der Waals surface area contributed by atoms with Gasteiger partial charge in [-0.2, -0.15) is 0 Å². The van der Waals surface area contributed by atoms with Gasteiger partial charge in [0.05, 0.1) is 12.3 Å². The number of hydrogen-bond donors (Lipinski definition) is 1. The lowest BCUT2D eigenvalue weighted by molar-refractivity contribution is -0.113. The van der Waals surface area contributed by atoms with Crippen LogP contribution in [0.4, 0.5) is 5.69 Å². The summed E-state index contributed by atoms with van der Waals surface area (Å²) in [5, 5.41) is 3.30. The number of aryl methyl sites for hydroxylation is 1. The molecule has 0 aliphatic carbocycles. The van der Waals surface area contributed by atoms with E-state index in [1.165, 1.54) is 23.4 Å². The molecule has 34 heavy (non-hydrogen) atoms. The van der Waals surface area contributed by atoms with Gasteiger partial charge in [0.25, 0.3) is 5.56 Å². The number of amides is 1. The highest BCUT2D eigenvalue weighted by Crippen LogP contribution is 2.34. The van der Waals surface area contributed by atoms with Gasteiger partial charge in [0, 0.05) is 25.8 Å². The minimum absolute atomic E-state index is 0.0564. The first-order valence-corrected chi connectivity index (χ1v) is 11.4. The van der Waals surface area contributed by atoms with Gasteiger partial charge >= 0.3 is 5.69 Å². The number of hydrogen-bond acceptors (Lipinski definition) is 7. The third-order valence-electron chi connectivity index (χ3n) is 5.49. The summed E-state index contributed by atoms with van der Waals surface area (Å²) in [4.78, 5) is 42.6. The van der Waals surface area contributed by atoms with Crippen molar-refractivity contribution in [2.75, 3.05) is 17.9 Å².